The Balaban J connectivity index is 5.24. The van der Waals surface area contributed by atoms with Crippen molar-refractivity contribution in [2.45, 2.75) is 490 Å². The first-order valence-electron chi connectivity index (χ1n) is 45.1. The third kappa shape index (κ3) is 80.1. The number of rotatable bonds is 87. The van der Waals surface area contributed by atoms with Crippen molar-refractivity contribution < 1.29 is 80.2 Å². The quantitative estimate of drug-likeness (QED) is 0.0222. The fourth-order valence-electron chi connectivity index (χ4n) is 13.6. The monoisotopic (exact) mass is 1550 g/mol. The number of unbranched alkanes of at least 4 members (excludes halogenated alkanes) is 59. The molecule has 0 bridgehead atoms. The molecule has 0 saturated heterocycles. The van der Waals surface area contributed by atoms with Crippen LogP contribution in [0.1, 0.15) is 471 Å². The summed E-state index contributed by atoms with van der Waals surface area (Å²) >= 11 is 0. The fraction of sp³-hybridized carbons (Fsp3) is 0.954. The highest BCUT2D eigenvalue weighted by Crippen LogP contribution is 2.45. The van der Waals surface area contributed by atoms with Gasteiger partial charge in [-0.2, -0.15) is 0 Å². The maximum absolute atomic E-state index is 13.2. The maximum Gasteiger partial charge on any atom is 0.472 e. The van der Waals surface area contributed by atoms with E-state index in [2.05, 4.69) is 34.6 Å². The molecule has 0 aromatic carbocycles. The molecular formula is C87H170O17P2. The first-order valence-corrected chi connectivity index (χ1v) is 48.1. The molecule has 3 N–H and O–H groups in total. The van der Waals surface area contributed by atoms with Crippen molar-refractivity contribution in [2.24, 2.45) is 5.92 Å². The second-order valence-electron chi connectivity index (χ2n) is 31.8. The standard InChI is InChI=1S/C87H170O17P2/c1-6-9-12-15-18-21-24-26-28-30-32-34-36-38-42-47-52-57-62-67-72-86(91)104-83(77-98-85(90)71-66-61-56-51-46-41-37-35-33-31-29-27-25-22-19-16-13-10-7-2)79-102-106(95,96)100-75-81(88)74-99-105(93,94)101-78-82(76-97-84(89)70-65-60-55-50-44-23-20-17-14-11-8-3)103-87(92)73-68-63-58-53-48-43-39-40-45-49-54-59-64-69-80(4)5/h80-83,88H,6-79H2,1-5H3,(H,93,94)(H,95,96)/t81-,82+,83+/m0/s1. The molecule has 19 heteroatoms. The molecule has 0 fully saturated rings. The summed E-state index contributed by atoms with van der Waals surface area (Å²) in [6.45, 7) is 7.38. The molecule has 0 aliphatic carbocycles. The van der Waals surface area contributed by atoms with E-state index in [0.29, 0.717) is 25.7 Å². The van der Waals surface area contributed by atoms with Gasteiger partial charge in [-0.15, -0.1) is 0 Å². The zero-order chi connectivity index (χ0) is 77.6. The number of carbonyl (C=O) groups excluding carboxylic acids is 4. The predicted octanol–water partition coefficient (Wildman–Crippen LogP) is 26.8. The van der Waals surface area contributed by atoms with Gasteiger partial charge in [0.25, 0.3) is 0 Å². The molecule has 0 aromatic rings. The van der Waals surface area contributed by atoms with Crippen molar-refractivity contribution in [1.82, 2.24) is 0 Å². The molecule has 0 aliphatic heterocycles. The number of hydrogen-bond donors (Lipinski definition) is 3. The lowest BCUT2D eigenvalue weighted by Crippen LogP contribution is -2.30. The van der Waals surface area contributed by atoms with Crippen LogP contribution in [-0.2, 0) is 65.4 Å². The van der Waals surface area contributed by atoms with Crippen LogP contribution in [0.2, 0.25) is 0 Å². The Hall–Kier alpha value is -1.94. The lowest BCUT2D eigenvalue weighted by molar-refractivity contribution is -0.161. The molecule has 0 amide bonds. The van der Waals surface area contributed by atoms with Gasteiger partial charge in [-0.05, 0) is 31.6 Å². The summed E-state index contributed by atoms with van der Waals surface area (Å²) in [5, 5.41) is 10.7. The van der Waals surface area contributed by atoms with Gasteiger partial charge in [0.2, 0.25) is 0 Å². The summed E-state index contributed by atoms with van der Waals surface area (Å²) < 4.78 is 68.9. The van der Waals surface area contributed by atoms with E-state index in [9.17, 15) is 43.2 Å². The van der Waals surface area contributed by atoms with Crippen LogP contribution in [0, 0.1) is 5.92 Å². The fourth-order valence-corrected chi connectivity index (χ4v) is 15.2. The topological polar surface area (TPSA) is 237 Å². The normalized spacial score (nSPS) is 13.7. The van der Waals surface area contributed by atoms with Gasteiger partial charge in [-0.1, -0.05) is 420 Å². The van der Waals surface area contributed by atoms with Crippen LogP contribution in [0.4, 0.5) is 0 Å². The Morgan fingerprint density at radius 1 is 0.255 bits per heavy atom. The molecule has 0 rings (SSSR count). The minimum absolute atomic E-state index is 0.108. The van der Waals surface area contributed by atoms with E-state index in [-0.39, 0.29) is 25.7 Å². The van der Waals surface area contributed by atoms with Crippen LogP contribution < -0.4 is 0 Å². The maximum atomic E-state index is 13.2. The van der Waals surface area contributed by atoms with Gasteiger partial charge >= 0.3 is 39.5 Å². The zero-order valence-corrected chi connectivity index (χ0v) is 71.4. The summed E-state index contributed by atoms with van der Waals surface area (Å²) in [6, 6.07) is 0. The SMILES string of the molecule is CCCCCCCCCCCCCCCCCCCCCCC(=O)O[C@H](COC(=O)CCCCCCCCCCCCCCCCCCCCC)COP(=O)(O)OC[C@@H](O)COP(=O)(O)OC[C@@H](COC(=O)CCCCCCCCCCCCC)OC(=O)CCCCCCCCCCCCCCCC(C)C. The second kappa shape index (κ2) is 79.7. The molecule has 0 heterocycles. The van der Waals surface area contributed by atoms with E-state index in [1.54, 1.807) is 0 Å². The number of phosphoric ester groups is 2. The van der Waals surface area contributed by atoms with Gasteiger partial charge in [0.15, 0.2) is 12.2 Å². The highest BCUT2D eigenvalue weighted by molar-refractivity contribution is 7.47. The highest BCUT2D eigenvalue weighted by Gasteiger charge is 2.30. The van der Waals surface area contributed by atoms with Crippen LogP contribution in [-0.4, -0.2) is 96.7 Å². The van der Waals surface area contributed by atoms with Crippen molar-refractivity contribution in [2.75, 3.05) is 39.6 Å². The van der Waals surface area contributed by atoms with E-state index >= 15 is 0 Å². The number of hydrogen-bond acceptors (Lipinski definition) is 15. The molecule has 2 unspecified atom stereocenters. The van der Waals surface area contributed by atoms with E-state index < -0.39 is 97.5 Å². The molecular weight excluding hydrogens is 1380 g/mol. The Labute approximate surface area is 651 Å². The third-order valence-electron chi connectivity index (χ3n) is 20.5. The number of aliphatic hydroxyl groups is 1. The molecule has 0 aromatic heterocycles. The average molecular weight is 1550 g/mol. The number of aliphatic hydroxyl groups excluding tert-OH is 1. The summed E-state index contributed by atoms with van der Waals surface area (Å²) in [4.78, 5) is 73.3. The summed E-state index contributed by atoms with van der Waals surface area (Å²) in [5.74, 6) is -1.31. The van der Waals surface area contributed by atoms with Crippen LogP contribution in [0.15, 0.2) is 0 Å². The summed E-state index contributed by atoms with van der Waals surface area (Å²) in [6.07, 6.45) is 73.6. The third-order valence-corrected chi connectivity index (χ3v) is 22.4. The molecule has 0 spiro atoms. The lowest BCUT2D eigenvalue weighted by Gasteiger charge is -2.21. The van der Waals surface area contributed by atoms with E-state index in [0.717, 1.165) is 95.8 Å². The minimum Gasteiger partial charge on any atom is -0.462 e. The predicted molar refractivity (Wildman–Crippen MR) is 437 cm³/mol. The Bertz CT molecular complexity index is 2010. The van der Waals surface area contributed by atoms with Crippen LogP contribution in [0.5, 0.6) is 0 Å². The Morgan fingerprint density at radius 2 is 0.434 bits per heavy atom. The molecule has 5 atom stereocenters. The highest BCUT2D eigenvalue weighted by atomic mass is 31.2. The van der Waals surface area contributed by atoms with Crippen molar-refractivity contribution in [3.05, 3.63) is 0 Å². The lowest BCUT2D eigenvalue weighted by atomic mass is 10.0. The molecule has 17 nitrogen and oxygen atoms in total. The van der Waals surface area contributed by atoms with Gasteiger partial charge < -0.3 is 33.8 Å². The molecule has 0 radical (unpaired) electrons. The first kappa shape index (κ1) is 104. The largest absolute Gasteiger partial charge is 0.472 e. The number of phosphoric acid groups is 2. The van der Waals surface area contributed by atoms with E-state index in [4.69, 9.17) is 37.0 Å². The van der Waals surface area contributed by atoms with Crippen LogP contribution in [0.25, 0.3) is 0 Å². The smallest absolute Gasteiger partial charge is 0.462 e. The van der Waals surface area contributed by atoms with E-state index in [1.807, 2.05) is 0 Å². The first-order chi connectivity index (χ1) is 51.5. The second-order valence-corrected chi connectivity index (χ2v) is 34.7. The van der Waals surface area contributed by atoms with Crippen molar-refractivity contribution in [1.29, 1.82) is 0 Å². The molecule has 106 heavy (non-hydrogen) atoms. The minimum atomic E-state index is -4.97. The number of esters is 4. The molecule has 630 valence electrons. The number of carbonyl (C=O) groups is 4. The van der Waals surface area contributed by atoms with Gasteiger partial charge in [-0.3, -0.25) is 37.3 Å². The summed E-state index contributed by atoms with van der Waals surface area (Å²) in [5.41, 5.74) is 0. The van der Waals surface area contributed by atoms with Gasteiger partial charge in [0.1, 0.15) is 19.3 Å². The Morgan fingerprint density at radius 3 is 0.642 bits per heavy atom. The Kier molecular flexibility index (Phi) is 78.2. The zero-order valence-electron chi connectivity index (χ0n) is 69.6. The van der Waals surface area contributed by atoms with Gasteiger partial charge in [0, 0.05) is 25.7 Å². The van der Waals surface area contributed by atoms with Gasteiger partial charge in [0.05, 0.1) is 26.4 Å². The molecule has 0 aliphatic rings. The van der Waals surface area contributed by atoms with Crippen LogP contribution in [0.3, 0.4) is 0 Å². The molecule has 0 saturated carbocycles. The van der Waals surface area contributed by atoms with Crippen molar-refractivity contribution >= 4 is 39.5 Å². The van der Waals surface area contributed by atoms with Crippen LogP contribution >= 0.6 is 15.6 Å². The van der Waals surface area contributed by atoms with Crippen molar-refractivity contribution in [3.8, 4) is 0 Å². The van der Waals surface area contributed by atoms with Crippen molar-refractivity contribution in [3.63, 3.8) is 0 Å². The summed E-state index contributed by atoms with van der Waals surface area (Å²) in [7, 11) is -9.93. The van der Waals surface area contributed by atoms with E-state index in [1.165, 1.54) is 295 Å². The number of ether oxygens (including phenoxy) is 4. The average Bonchev–Trinajstić information content (AvgIpc) is 0.939. The van der Waals surface area contributed by atoms with Gasteiger partial charge in [-0.25, -0.2) is 9.13 Å².